The van der Waals surface area contributed by atoms with Gasteiger partial charge in [0.25, 0.3) is 0 Å². The first kappa shape index (κ1) is 19.1. The van der Waals surface area contributed by atoms with Gasteiger partial charge in [-0.1, -0.05) is 49.6 Å². The lowest BCUT2D eigenvalue weighted by atomic mass is 9.84. The van der Waals surface area contributed by atoms with Gasteiger partial charge in [0.15, 0.2) is 19.0 Å². The monoisotopic (exact) mass is 370 g/mol. The van der Waals surface area contributed by atoms with Gasteiger partial charge in [-0.25, -0.2) is 9.18 Å². The van der Waals surface area contributed by atoms with Crippen molar-refractivity contribution in [3.8, 4) is 5.75 Å². The molecule has 0 atom stereocenters. The molecule has 3 rings (SSSR count). The minimum Gasteiger partial charge on any atom is -0.482 e. The molecular weight excluding hydrogens is 347 g/mol. The van der Waals surface area contributed by atoms with Gasteiger partial charge in [-0.15, -0.1) is 0 Å². The van der Waals surface area contributed by atoms with Crippen LogP contribution in [0, 0.1) is 5.82 Å². The molecule has 0 aliphatic heterocycles. The zero-order valence-corrected chi connectivity index (χ0v) is 15.2. The number of carbonyl (C=O) groups is 2. The molecule has 5 heteroatoms. The van der Waals surface area contributed by atoms with Crippen LogP contribution in [0.1, 0.15) is 53.9 Å². The van der Waals surface area contributed by atoms with Crippen LogP contribution in [0.4, 0.5) is 4.39 Å². The average Bonchev–Trinajstić information content (AvgIpc) is 2.71. The Labute approximate surface area is 158 Å². The van der Waals surface area contributed by atoms with Crippen LogP contribution in [-0.4, -0.2) is 25.0 Å². The predicted molar refractivity (Wildman–Crippen MR) is 99.5 cm³/mol. The number of hydrogen-bond donors (Lipinski definition) is 0. The molecule has 0 radical (unpaired) electrons. The first-order valence-corrected chi connectivity index (χ1v) is 9.29. The summed E-state index contributed by atoms with van der Waals surface area (Å²) in [6.45, 7) is -0.717. The van der Waals surface area contributed by atoms with Crippen LogP contribution < -0.4 is 4.74 Å². The van der Waals surface area contributed by atoms with E-state index in [-0.39, 0.29) is 24.7 Å². The lowest BCUT2D eigenvalue weighted by Gasteiger charge is -2.22. The lowest BCUT2D eigenvalue weighted by Crippen LogP contribution is -2.19. The van der Waals surface area contributed by atoms with E-state index in [0.717, 1.165) is 0 Å². The number of Topliss-reactive ketones (excluding diaryl/α,β-unsaturated/α-hetero) is 1. The van der Waals surface area contributed by atoms with E-state index in [1.807, 2.05) is 12.1 Å². The molecule has 0 aromatic heterocycles. The molecule has 0 bridgehead atoms. The number of ether oxygens (including phenoxy) is 2. The van der Waals surface area contributed by atoms with Gasteiger partial charge in [-0.2, -0.15) is 0 Å². The molecule has 1 saturated carbocycles. The largest absolute Gasteiger partial charge is 0.482 e. The third-order valence-corrected chi connectivity index (χ3v) is 4.83. The van der Waals surface area contributed by atoms with E-state index in [0.29, 0.717) is 11.5 Å². The van der Waals surface area contributed by atoms with E-state index >= 15 is 0 Å². The van der Waals surface area contributed by atoms with Crippen LogP contribution in [0.25, 0.3) is 0 Å². The highest BCUT2D eigenvalue weighted by molar-refractivity contribution is 5.98. The maximum Gasteiger partial charge on any atom is 0.344 e. The third kappa shape index (κ3) is 5.64. The second-order valence-electron chi connectivity index (χ2n) is 6.79. The minimum absolute atomic E-state index is 0.233. The number of halogens is 1. The Bertz CT molecular complexity index is 779. The molecule has 27 heavy (non-hydrogen) atoms. The van der Waals surface area contributed by atoms with Crippen molar-refractivity contribution in [3.63, 3.8) is 0 Å². The fourth-order valence-corrected chi connectivity index (χ4v) is 3.35. The molecule has 1 aliphatic carbocycles. The van der Waals surface area contributed by atoms with Crippen molar-refractivity contribution in [1.82, 2.24) is 0 Å². The molecule has 2 aromatic carbocycles. The van der Waals surface area contributed by atoms with Crippen LogP contribution in [0.2, 0.25) is 0 Å². The first-order chi connectivity index (χ1) is 13.1. The van der Waals surface area contributed by atoms with Gasteiger partial charge in [0, 0.05) is 11.6 Å². The van der Waals surface area contributed by atoms with Crippen molar-refractivity contribution in [2.45, 2.75) is 38.0 Å². The van der Waals surface area contributed by atoms with E-state index in [2.05, 4.69) is 0 Å². The molecule has 1 aliphatic rings. The fraction of sp³-hybridized carbons (Fsp3) is 0.364. The Morgan fingerprint density at radius 3 is 2.41 bits per heavy atom. The number of ketones is 1. The quantitative estimate of drug-likeness (QED) is 0.525. The number of rotatable bonds is 7. The second kappa shape index (κ2) is 9.31. The molecule has 2 aromatic rings. The molecule has 0 N–H and O–H groups in total. The smallest absolute Gasteiger partial charge is 0.344 e. The fourth-order valence-electron chi connectivity index (χ4n) is 3.35. The molecule has 4 nitrogen and oxygen atoms in total. The lowest BCUT2D eigenvalue weighted by molar-refractivity contribution is -0.144. The highest BCUT2D eigenvalue weighted by atomic mass is 19.1. The van der Waals surface area contributed by atoms with Crippen molar-refractivity contribution in [2.75, 3.05) is 13.2 Å². The summed E-state index contributed by atoms with van der Waals surface area (Å²) in [6.07, 6.45) is 6.24. The Hall–Kier alpha value is -2.69. The molecule has 0 heterocycles. The first-order valence-electron chi connectivity index (χ1n) is 9.29. The van der Waals surface area contributed by atoms with Crippen LogP contribution in [0.5, 0.6) is 5.75 Å². The molecule has 142 valence electrons. The standard InChI is InChI=1S/C22H23FO4/c23-19-7-4-8-20(13-19)26-15-22(25)27-14-21(24)18-11-9-17(10-12-18)16-5-2-1-3-6-16/h4,7-13,16H,1-3,5-6,14-15H2. The number of esters is 1. The summed E-state index contributed by atoms with van der Waals surface area (Å²) in [5, 5.41) is 0. The molecule has 0 spiro atoms. The van der Waals surface area contributed by atoms with Crippen LogP contribution in [0.3, 0.4) is 0 Å². The minimum atomic E-state index is -0.675. The molecule has 1 fully saturated rings. The average molecular weight is 370 g/mol. The van der Waals surface area contributed by atoms with E-state index < -0.39 is 11.8 Å². The summed E-state index contributed by atoms with van der Waals surface area (Å²) >= 11 is 0. The summed E-state index contributed by atoms with van der Waals surface area (Å²) < 4.78 is 23.1. The summed E-state index contributed by atoms with van der Waals surface area (Å²) in [6, 6.07) is 13.1. The predicted octanol–water partition coefficient (Wildman–Crippen LogP) is 4.68. The highest BCUT2D eigenvalue weighted by Crippen LogP contribution is 2.32. The van der Waals surface area contributed by atoms with Crippen molar-refractivity contribution in [2.24, 2.45) is 0 Å². The van der Waals surface area contributed by atoms with Crippen molar-refractivity contribution in [1.29, 1.82) is 0 Å². The summed E-state index contributed by atoms with van der Waals surface area (Å²) in [4.78, 5) is 23.9. The summed E-state index contributed by atoms with van der Waals surface area (Å²) in [5.74, 6) is -0.569. The van der Waals surface area contributed by atoms with Gasteiger partial charge >= 0.3 is 5.97 Å². The van der Waals surface area contributed by atoms with Crippen LogP contribution >= 0.6 is 0 Å². The maximum atomic E-state index is 13.0. The Balaban J connectivity index is 1.45. The van der Waals surface area contributed by atoms with Gasteiger partial charge in [-0.3, -0.25) is 4.79 Å². The third-order valence-electron chi connectivity index (χ3n) is 4.83. The van der Waals surface area contributed by atoms with Crippen LogP contribution in [-0.2, 0) is 9.53 Å². The maximum absolute atomic E-state index is 13.0. The Morgan fingerprint density at radius 1 is 0.963 bits per heavy atom. The van der Waals surface area contributed by atoms with E-state index in [4.69, 9.17) is 9.47 Å². The van der Waals surface area contributed by atoms with Crippen molar-refractivity contribution < 1.29 is 23.5 Å². The zero-order valence-electron chi connectivity index (χ0n) is 15.2. The molecule has 0 saturated heterocycles. The van der Waals surface area contributed by atoms with E-state index in [1.165, 1.54) is 61.9 Å². The number of carbonyl (C=O) groups excluding carboxylic acids is 2. The number of benzene rings is 2. The normalized spacial score (nSPS) is 14.6. The van der Waals surface area contributed by atoms with Crippen LogP contribution in [0.15, 0.2) is 48.5 Å². The summed E-state index contributed by atoms with van der Waals surface area (Å²) in [7, 11) is 0. The van der Waals surface area contributed by atoms with Gasteiger partial charge in [0.2, 0.25) is 0 Å². The highest BCUT2D eigenvalue weighted by Gasteiger charge is 2.16. The number of hydrogen-bond acceptors (Lipinski definition) is 4. The molecule has 0 amide bonds. The topological polar surface area (TPSA) is 52.6 Å². The van der Waals surface area contributed by atoms with Gasteiger partial charge < -0.3 is 9.47 Å². The Morgan fingerprint density at radius 2 is 1.70 bits per heavy atom. The van der Waals surface area contributed by atoms with E-state index in [1.54, 1.807) is 12.1 Å². The van der Waals surface area contributed by atoms with Gasteiger partial charge in [0.05, 0.1) is 0 Å². The van der Waals surface area contributed by atoms with E-state index in [9.17, 15) is 14.0 Å². The second-order valence-corrected chi connectivity index (χ2v) is 6.79. The Kier molecular flexibility index (Phi) is 6.58. The molecule has 0 unspecified atom stereocenters. The van der Waals surface area contributed by atoms with Gasteiger partial charge in [-0.05, 0) is 36.5 Å². The SMILES string of the molecule is O=C(COc1cccc(F)c1)OCC(=O)c1ccc(C2CCCCC2)cc1. The van der Waals surface area contributed by atoms with Gasteiger partial charge in [0.1, 0.15) is 11.6 Å². The van der Waals surface area contributed by atoms with Crippen molar-refractivity contribution >= 4 is 11.8 Å². The molecular formula is C22H23FO4. The zero-order chi connectivity index (χ0) is 19.1. The van der Waals surface area contributed by atoms with Crippen molar-refractivity contribution in [3.05, 3.63) is 65.5 Å². The summed E-state index contributed by atoms with van der Waals surface area (Å²) in [5.41, 5.74) is 1.79.